The molecule has 122 valence electrons. The van der Waals surface area contributed by atoms with E-state index in [0.29, 0.717) is 12.8 Å². The third-order valence-corrected chi connectivity index (χ3v) is 7.32. The lowest BCUT2D eigenvalue weighted by Gasteiger charge is -2.38. The first-order valence-electron chi connectivity index (χ1n) is 6.93. The molecule has 0 aliphatic carbocycles. The minimum absolute atomic E-state index is 0.0179. The van der Waals surface area contributed by atoms with Crippen molar-refractivity contribution in [3.05, 3.63) is 25.3 Å². The van der Waals surface area contributed by atoms with Gasteiger partial charge in [-0.3, -0.25) is 0 Å². The normalized spacial score (nSPS) is 22.0. The highest BCUT2D eigenvalue weighted by molar-refractivity contribution is 7.89. The van der Waals surface area contributed by atoms with Crippen molar-refractivity contribution in [1.82, 2.24) is 8.61 Å². The fourth-order valence-corrected chi connectivity index (χ4v) is 5.48. The van der Waals surface area contributed by atoms with Gasteiger partial charge >= 0.3 is 0 Å². The Kier molecular flexibility index (Phi) is 6.58. The largest absolute Gasteiger partial charge is 0.214 e. The summed E-state index contributed by atoms with van der Waals surface area (Å²) in [4.78, 5) is 0. The van der Waals surface area contributed by atoms with Gasteiger partial charge in [-0.1, -0.05) is 12.2 Å². The lowest BCUT2D eigenvalue weighted by Crippen LogP contribution is -2.56. The van der Waals surface area contributed by atoms with Crippen LogP contribution in [0.25, 0.3) is 0 Å². The average Bonchev–Trinajstić information content (AvgIpc) is 2.42. The maximum Gasteiger partial charge on any atom is 0.214 e. The Hall–Kier alpha value is -0.700. The van der Waals surface area contributed by atoms with Crippen LogP contribution in [0.3, 0.4) is 0 Å². The summed E-state index contributed by atoms with van der Waals surface area (Å²) in [6, 6.07) is -0.355. The van der Waals surface area contributed by atoms with E-state index in [1.165, 1.54) is 8.61 Å². The summed E-state index contributed by atoms with van der Waals surface area (Å²) in [5.41, 5.74) is 0. The van der Waals surface area contributed by atoms with E-state index in [2.05, 4.69) is 13.2 Å². The highest BCUT2D eigenvalue weighted by Crippen LogP contribution is 2.18. The van der Waals surface area contributed by atoms with Gasteiger partial charge in [0.2, 0.25) is 20.0 Å². The van der Waals surface area contributed by atoms with Crippen LogP contribution in [-0.4, -0.2) is 62.6 Å². The summed E-state index contributed by atoms with van der Waals surface area (Å²) in [6.07, 6.45) is 3.93. The van der Waals surface area contributed by atoms with Gasteiger partial charge in [-0.2, -0.15) is 8.61 Å². The zero-order valence-electron chi connectivity index (χ0n) is 12.4. The Morgan fingerprint density at radius 2 is 1.52 bits per heavy atom. The number of hydrogen-bond donors (Lipinski definition) is 0. The quantitative estimate of drug-likeness (QED) is 0.615. The lowest BCUT2D eigenvalue weighted by molar-refractivity contribution is 0.213. The second kappa shape index (κ2) is 7.53. The molecule has 1 saturated heterocycles. The molecule has 0 bridgehead atoms. The fraction of sp³-hybridized carbons (Fsp3) is 0.692. The average molecular weight is 336 g/mol. The molecular formula is C13H24N2O4S2. The molecule has 0 spiro atoms. The van der Waals surface area contributed by atoms with Crippen molar-refractivity contribution in [2.75, 3.05) is 31.1 Å². The maximum absolute atomic E-state index is 12.2. The minimum atomic E-state index is -3.36. The van der Waals surface area contributed by atoms with Gasteiger partial charge in [-0.15, -0.1) is 13.2 Å². The van der Waals surface area contributed by atoms with Crippen molar-refractivity contribution in [3.8, 4) is 0 Å². The molecule has 1 rings (SSSR count). The zero-order valence-corrected chi connectivity index (χ0v) is 14.1. The first-order chi connectivity index (χ1) is 9.74. The third kappa shape index (κ3) is 4.91. The second-order valence-corrected chi connectivity index (χ2v) is 9.23. The van der Waals surface area contributed by atoms with Crippen molar-refractivity contribution < 1.29 is 16.8 Å². The van der Waals surface area contributed by atoms with E-state index in [-0.39, 0.29) is 37.2 Å². The number of piperazine rings is 1. The van der Waals surface area contributed by atoms with E-state index in [1.54, 1.807) is 19.1 Å². The Morgan fingerprint density at radius 3 is 2.00 bits per heavy atom. The topological polar surface area (TPSA) is 74.8 Å². The van der Waals surface area contributed by atoms with Gasteiger partial charge in [-0.25, -0.2) is 16.8 Å². The van der Waals surface area contributed by atoms with Crippen LogP contribution in [0.1, 0.15) is 19.8 Å². The predicted molar refractivity (Wildman–Crippen MR) is 84.9 cm³/mol. The van der Waals surface area contributed by atoms with Crippen LogP contribution >= 0.6 is 0 Å². The molecule has 1 heterocycles. The number of rotatable bonds is 8. The van der Waals surface area contributed by atoms with Gasteiger partial charge in [0, 0.05) is 25.7 Å². The number of sulfonamides is 2. The first kappa shape index (κ1) is 18.3. The molecule has 0 saturated carbocycles. The molecule has 1 atom stereocenters. The second-order valence-electron chi connectivity index (χ2n) is 5.10. The van der Waals surface area contributed by atoms with Gasteiger partial charge in [0.05, 0.1) is 11.5 Å². The summed E-state index contributed by atoms with van der Waals surface area (Å²) in [6.45, 7) is 9.39. The Bertz CT molecular complexity index is 569. The molecule has 1 aliphatic heterocycles. The van der Waals surface area contributed by atoms with Crippen molar-refractivity contribution in [1.29, 1.82) is 0 Å². The summed E-state index contributed by atoms with van der Waals surface area (Å²) >= 11 is 0. The van der Waals surface area contributed by atoms with E-state index in [0.717, 1.165) is 0 Å². The SMILES string of the molecule is C=CCCS(=O)(=O)N1CCN(S(=O)(=O)CCC=C)[C@@H](C)C1. The van der Waals surface area contributed by atoms with Crippen LogP contribution in [0.15, 0.2) is 25.3 Å². The highest BCUT2D eigenvalue weighted by atomic mass is 32.2. The first-order valence-corrected chi connectivity index (χ1v) is 10.2. The van der Waals surface area contributed by atoms with Gasteiger partial charge in [0.15, 0.2) is 0 Å². The summed E-state index contributed by atoms with van der Waals surface area (Å²) in [5.74, 6) is 0.0382. The summed E-state index contributed by atoms with van der Waals surface area (Å²) in [5, 5.41) is 0. The van der Waals surface area contributed by atoms with Crippen LogP contribution < -0.4 is 0 Å². The molecule has 0 radical (unpaired) electrons. The van der Waals surface area contributed by atoms with Crippen molar-refractivity contribution in [2.24, 2.45) is 0 Å². The smallest absolute Gasteiger partial charge is 0.212 e. The fourth-order valence-electron chi connectivity index (χ4n) is 2.28. The van der Waals surface area contributed by atoms with Crippen LogP contribution in [0, 0.1) is 0 Å². The third-order valence-electron chi connectivity index (χ3n) is 3.44. The molecule has 1 aliphatic rings. The van der Waals surface area contributed by atoms with E-state index < -0.39 is 20.0 Å². The van der Waals surface area contributed by atoms with Crippen LogP contribution in [-0.2, 0) is 20.0 Å². The molecule has 6 nitrogen and oxygen atoms in total. The molecule has 0 aromatic carbocycles. The Labute approximate surface area is 128 Å². The molecule has 8 heteroatoms. The molecule has 0 aromatic heterocycles. The maximum atomic E-state index is 12.2. The van der Waals surface area contributed by atoms with Gasteiger partial charge < -0.3 is 0 Å². The van der Waals surface area contributed by atoms with Gasteiger partial charge in [0.25, 0.3) is 0 Å². The van der Waals surface area contributed by atoms with Gasteiger partial charge in [0.1, 0.15) is 0 Å². The Balaban J connectivity index is 2.74. The number of hydrogen-bond acceptors (Lipinski definition) is 4. The summed E-state index contributed by atoms with van der Waals surface area (Å²) < 4.78 is 51.4. The molecule has 1 fully saturated rings. The minimum Gasteiger partial charge on any atom is -0.212 e. The molecule has 0 N–H and O–H groups in total. The van der Waals surface area contributed by atoms with E-state index >= 15 is 0 Å². The van der Waals surface area contributed by atoms with E-state index in [1.807, 2.05) is 0 Å². The molecule has 0 unspecified atom stereocenters. The van der Waals surface area contributed by atoms with Crippen molar-refractivity contribution in [3.63, 3.8) is 0 Å². The Morgan fingerprint density at radius 1 is 1.00 bits per heavy atom. The number of nitrogens with zero attached hydrogens (tertiary/aromatic N) is 2. The van der Waals surface area contributed by atoms with Crippen LogP contribution in [0.4, 0.5) is 0 Å². The van der Waals surface area contributed by atoms with Gasteiger partial charge in [-0.05, 0) is 19.8 Å². The van der Waals surface area contributed by atoms with Crippen molar-refractivity contribution >= 4 is 20.0 Å². The highest BCUT2D eigenvalue weighted by Gasteiger charge is 2.35. The van der Waals surface area contributed by atoms with Crippen molar-refractivity contribution in [2.45, 2.75) is 25.8 Å². The van der Waals surface area contributed by atoms with E-state index in [4.69, 9.17) is 0 Å². The summed E-state index contributed by atoms with van der Waals surface area (Å²) in [7, 11) is -6.70. The van der Waals surface area contributed by atoms with Crippen LogP contribution in [0.5, 0.6) is 0 Å². The predicted octanol–water partition coefficient (Wildman–Crippen LogP) is 0.804. The molecule has 21 heavy (non-hydrogen) atoms. The van der Waals surface area contributed by atoms with Crippen LogP contribution in [0.2, 0.25) is 0 Å². The zero-order chi connectivity index (χ0) is 16.1. The molecule has 0 aromatic rings. The lowest BCUT2D eigenvalue weighted by atomic mass is 10.3. The standard InChI is InChI=1S/C13H24N2O4S2/c1-4-6-10-20(16,17)14-8-9-15(13(3)12-14)21(18,19)11-7-5-2/h4-5,13H,1-2,6-12H2,3H3/t13-/m0/s1. The monoisotopic (exact) mass is 336 g/mol. The number of allylic oxidation sites excluding steroid dienone is 2. The molecule has 0 amide bonds. The molecular weight excluding hydrogens is 312 g/mol. The van der Waals surface area contributed by atoms with E-state index in [9.17, 15) is 16.8 Å².